The monoisotopic (exact) mass is 324 g/mol. The van der Waals surface area contributed by atoms with Crippen molar-refractivity contribution >= 4 is 5.91 Å². The highest BCUT2D eigenvalue weighted by Gasteiger charge is 2.16. The van der Waals surface area contributed by atoms with Crippen LogP contribution in [-0.2, 0) is 9.53 Å². The van der Waals surface area contributed by atoms with E-state index in [0.717, 1.165) is 6.54 Å². The molecule has 1 amide bonds. The first-order valence-electron chi connectivity index (χ1n) is 7.65. The van der Waals surface area contributed by atoms with Crippen molar-refractivity contribution in [1.29, 1.82) is 0 Å². The maximum Gasteiger partial charge on any atom is 0.221 e. The van der Waals surface area contributed by atoms with Gasteiger partial charge in [-0.1, -0.05) is 0 Å². The number of morpholine rings is 1. The highest BCUT2D eigenvalue weighted by molar-refractivity contribution is 5.76. The molecule has 0 spiro atoms. The van der Waals surface area contributed by atoms with E-state index in [1.165, 1.54) is 0 Å². The van der Waals surface area contributed by atoms with Crippen LogP contribution in [-0.4, -0.2) is 59.1 Å². The summed E-state index contributed by atoms with van der Waals surface area (Å²) in [4.78, 5) is 11.8. The van der Waals surface area contributed by atoms with E-state index in [2.05, 4.69) is 10.6 Å². The Bertz CT molecular complexity index is 481. The fourth-order valence-electron chi connectivity index (χ4n) is 2.27. The molecule has 0 aliphatic carbocycles. The second-order valence-electron chi connectivity index (χ2n) is 5.18. The summed E-state index contributed by atoms with van der Waals surface area (Å²) in [6.45, 7) is 2.88. The van der Waals surface area contributed by atoms with Crippen LogP contribution in [0.5, 0.6) is 17.2 Å². The van der Waals surface area contributed by atoms with E-state index in [1.54, 1.807) is 32.4 Å². The quantitative estimate of drug-likeness (QED) is 0.681. The first-order valence-corrected chi connectivity index (χ1v) is 7.65. The van der Waals surface area contributed by atoms with Crippen molar-refractivity contribution in [3.05, 3.63) is 18.2 Å². The number of benzene rings is 1. The van der Waals surface area contributed by atoms with E-state index < -0.39 is 0 Å². The fraction of sp³-hybridized carbons (Fsp3) is 0.562. The average molecular weight is 324 g/mol. The first kappa shape index (κ1) is 17.4. The van der Waals surface area contributed by atoms with Crippen molar-refractivity contribution in [1.82, 2.24) is 10.6 Å². The molecule has 128 valence electrons. The molecule has 2 rings (SSSR count). The minimum absolute atomic E-state index is 0.0141. The zero-order chi connectivity index (χ0) is 16.5. The third kappa shape index (κ3) is 5.96. The molecule has 0 saturated carbocycles. The molecule has 1 unspecified atom stereocenters. The van der Waals surface area contributed by atoms with Crippen LogP contribution in [0.3, 0.4) is 0 Å². The number of nitrogens with one attached hydrogen (secondary N) is 2. The van der Waals surface area contributed by atoms with Crippen molar-refractivity contribution in [3.63, 3.8) is 0 Å². The van der Waals surface area contributed by atoms with Crippen LogP contribution in [0.4, 0.5) is 0 Å². The largest absolute Gasteiger partial charge is 0.496 e. The average Bonchev–Trinajstić information content (AvgIpc) is 2.59. The Labute approximate surface area is 136 Å². The Morgan fingerprint density at radius 1 is 1.26 bits per heavy atom. The number of ether oxygens (including phenoxy) is 4. The lowest BCUT2D eigenvalue weighted by molar-refractivity contribution is -0.122. The molecule has 1 fully saturated rings. The minimum atomic E-state index is -0.0141. The van der Waals surface area contributed by atoms with Crippen LogP contribution in [0.1, 0.15) is 6.42 Å². The summed E-state index contributed by atoms with van der Waals surface area (Å²) >= 11 is 0. The summed E-state index contributed by atoms with van der Waals surface area (Å²) in [6, 6.07) is 5.40. The van der Waals surface area contributed by atoms with Gasteiger partial charge < -0.3 is 29.6 Å². The molecule has 1 aliphatic rings. The van der Waals surface area contributed by atoms with Gasteiger partial charge in [0.25, 0.3) is 0 Å². The molecule has 0 bridgehead atoms. The Kier molecular flexibility index (Phi) is 6.96. The van der Waals surface area contributed by atoms with E-state index >= 15 is 0 Å². The second kappa shape index (κ2) is 9.22. The van der Waals surface area contributed by atoms with Gasteiger partial charge in [-0.15, -0.1) is 0 Å². The lowest BCUT2D eigenvalue weighted by Gasteiger charge is -2.23. The highest BCUT2D eigenvalue weighted by atomic mass is 16.5. The molecular weight excluding hydrogens is 300 g/mol. The SMILES string of the molecule is COc1cc(OC)cc(OCCNC(=O)CC2COCCN2)c1. The van der Waals surface area contributed by atoms with Crippen molar-refractivity contribution in [2.24, 2.45) is 0 Å². The lowest BCUT2D eigenvalue weighted by atomic mass is 10.2. The molecule has 1 heterocycles. The number of amides is 1. The zero-order valence-corrected chi connectivity index (χ0v) is 13.6. The second-order valence-corrected chi connectivity index (χ2v) is 5.18. The standard InChI is InChI=1S/C16H24N2O5/c1-20-13-8-14(21-2)10-15(9-13)23-6-4-18-16(19)7-12-11-22-5-3-17-12/h8-10,12,17H,3-7,11H2,1-2H3,(H,18,19). The van der Waals surface area contributed by atoms with Crippen molar-refractivity contribution in [3.8, 4) is 17.2 Å². The Morgan fingerprint density at radius 3 is 2.57 bits per heavy atom. The third-order valence-corrected chi connectivity index (χ3v) is 3.45. The predicted molar refractivity (Wildman–Crippen MR) is 85.3 cm³/mol. The van der Waals surface area contributed by atoms with Gasteiger partial charge in [0.05, 0.1) is 34.0 Å². The smallest absolute Gasteiger partial charge is 0.221 e. The van der Waals surface area contributed by atoms with Crippen LogP contribution in [0, 0.1) is 0 Å². The van der Waals surface area contributed by atoms with Gasteiger partial charge in [-0.3, -0.25) is 4.79 Å². The van der Waals surface area contributed by atoms with Crippen LogP contribution in [0.15, 0.2) is 18.2 Å². The van der Waals surface area contributed by atoms with E-state index in [4.69, 9.17) is 18.9 Å². The Balaban J connectivity index is 1.69. The van der Waals surface area contributed by atoms with Gasteiger partial charge in [-0.05, 0) is 0 Å². The molecule has 1 aromatic carbocycles. The minimum Gasteiger partial charge on any atom is -0.496 e. The number of rotatable bonds is 8. The molecule has 1 atom stereocenters. The number of carbonyl (C=O) groups is 1. The highest BCUT2D eigenvalue weighted by Crippen LogP contribution is 2.27. The van der Waals surface area contributed by atoms with Crippen LogP contribution < -0.4 is 24.8 Å². The maximum absolute atomic E-state index is 11.8. The number of hydrogen-bond acceptors (Lipinski definition) is 6. The van der Waals surface area contributed by atoms with Crippen LogP contribution >= 0.6 is 0 Å². The zero-order valence-electron chi connectivity index (χ0n) is 13.6. The topological polar surface area (TPSA) is 78.0 Å². The predicted octanol–water partition coefficient (Wildman–Crippen LogP) is 0.577. The molecule has 1 aromatic rings. The summed E-state index contributed by atoms with van der Waals surface area (Å²) in [6.07, 6.45) is 0.410. The van der Waals surface area contributed by atoms with E-state index in [0.29, 0.717) is 50.0 Å². The fourth-order valence-corrected chi connectivity index (χ4v) is 2.27. The van der Waals surface area contributed by atoms with Gasteiger partial charge in [0, 0.05) is 37.2 Å². The summed E-state index contributed by atoms with van der Waals surface area (Å²) < 4.78 is 21.3. The Morgan fingerprint density at radius 2 is 1.96 bits per heavy atom. The van der Waals surface area contributed by atoms with E-state index in [9.17, 15) is 4.79 Å². The molecule has 0 radical (unpaired) electrons. The normalized spacial score (nSPS) is 17.4. The number of methoxy groups -OCH3 is 2. The van der Waals surface area contributed by atoms with Crippen LogP contribution in [0.2, 0.25) is 0 Å². The van der Waals surface area contributed by atoms with Crippen molar-refractivity contribution in [2.75, 3.05) is 47.1 Å². The van der Waals surface area contributed by atoms with Gasteiger partial charge in [0.2, 0.25) is 5.91 Å². The molecule has 1 saturated heterocycles. The van der Waals surface area contributed by atoms with Gasteiger partial charge in [0.1, 0.15) is 23.9 Å². The molecule has 1 aliphatic heterocycles. The van der Waals surface area contributed by atoms with Crippen molar-refractivity contribution in [2.45, 2.75) is 12.5 Å². The van der Waals surface area contributed by atoms with Crippen molar-refractivity contribution < 1.29 is 23.7 Å². The molecule has 0 aromatic heterocycles. The molecular formula is C16H24N2O5. The molecule has 7 nitrogen and oxygen atoms in total. The maximum atomic E-state index is 11.8. The summed E-state index contributed by atoms with van der Waals surface area (Å²) in [5.74, 6) is 1.94. The number of hydrogen-bond donors (Lipinski definition) is 2. The molecule has 7 heteroatoms. The first-order chi connectivity index (χ1) is 11.2. The lowest BCUT2D eigenvalue weighted by Crippen LogP contribution is -2.44. The van der Waals surface area contributed by atoms with Gasteiger partial charge in [0.15, 0.2) is 0 Å². The van der Waals surface area contributed by atoms with Crippen LogP contribution in [0.25, 0.3) is 0 Å². The summed E-state index contributed by atoms with van der Waals surface area (Å²) in [7, 11) is 3.17. The van der Waals surface area contributed by atoms with Gasteiger partial charge >= 0.3 is 0 Å². The number of carbonyl (C=O) groups excluding carboxylic acids is 1. The molecule has 23 heavy (non-hydrogen) atoms. The molecule has 2 N–H and O–H groups in total. The third-order valence-electron chi connectivity index (χ3n) is 3.45. The van der Waals surface area contributed by atoms with E-state index in [-0.39, 0.29) is 11.9 Å². The Hall–Kier alpha value is -1.99. The summed E-state index contributed by atoms with van der Waals surface area (Å²) in [5.41, 5.74) is 0. The van der Waals surface area contributed by atoms with Gasteiger partial charge in [-0.2, -0.15) is 0 Å². The summed E-state index contributed by atoms with van der Waals surface area (Å²) in [5, 5.41) is 6.08. The van der Waals surface area contributed by atoms with Gasteiger partial charge in [-0.25, -0.2) is 0 Å². The van der Waals surface area contributed by atoms with E-state index in [1.807, 2.05) is 0 Å².